The van der Waals surface area contributed by atoms with Crippen molar-refractivity contribution < 1.29 is 4.21 Å². The Morgan fingerprint density at radius 1 is 1.05 bits per heavy atom. The zero-order chi connectivity index (χ0) is 14.1. The van der Waals surface area contributed by atoms with E-state index in [2.05, 4.69) is 24.1 Å². The first-order chi connectivity index (χ1) is 9.63. The molecule has 1 saturated carbocycles. The van der Waals surface area contributed by atoms with Crippen LogP contribution >= 0.6 is 0 Å². The molecule has 2 heterocycles. The zero-order valence-electron chi connectivity index (χ0n) is 13.0. The lowest BCUT2D eigenvalue weighted by atomic mass is 9.72. The number of fused-ring (bicyclic) bond motifs is 2. The second-order valence-electron chi connectivity index (χ2n) is 7.31. The average Bonchev–Trinajstić information content (AvgIpc) is 2.40. The zero-order valence-corrected chi connectivity index (χ0v) is 13.8. The molecule has 2 saturated heterocycles. The van der Waals surface area contributed by atoms with E-state index in [0.29, 0.717) is 12.1 Å². The van der Waals surface area contributed by atoms with E-state index in [4.69, 9.17) is 0 Å². The van der Waals surface area contributed by atoms with Gasteiger partial charge in [-0.25, -0.2) is 0 Å². The standard InChI is InChI=1S/C16H30N2OS/c1-12(2)18-10-13-4-3-5-14(11-18)16(13)17-15-6-8-20(19)9-7-15/h12-17H,3-11H2,1-2H3. The molecular formula is C16H30N2OS. The van der Waals surface area contributed by atoms with Crippen LogP contribution in [0.4, 0.5) is 0 Å². The quantitative estimate of drug-likeness (QED) is 0.865. The van der Waals surface area contributed by atoms with Crippen molar-refractivity contribution in [2.24, 2.45) is 11.8 Å². The van der Waals surface area contributed by atoms with Gasteiger partial charge in [0.15, 0.2) is 0 Å². The Labute approximate surface area is 126 Å². The van der Waals surface area contributed by atoms with Crippen LogP contribution in [0.25, 0.3) is 0 Å². The fraction of sp³-hybridized carbons (Fsp3) is 1.00. The molecule has 0 aromatic rings. The highest BCUT2D eigenvalue weighted by Crippen LogP contribution is 2.36. The lowest BCUT2D eigenvalue weighted by Crippen LogP contribution is -2.60. The fourth-order valence-electron chi connectivity index (χ4n) is 4.40. The van der Waals surface area contributed by atoms with Gasteiger partial charge >= 0.3 is 0 Å². The molecule has 1 N–H and O–H groups in total. The van der Waals surface area contributed by atoms with Gasteiger partial charge in [-0.1, -0.05) is 6.42 Å². The summed E-state index contributed by atoms with van der Waals surface area (Å²) in [5, 5.41) is 3.98. The van der Waals surface area contributed by atoms with Gasteiger partial charge in [-0.05, 0) is 51.4 Å². The van der Waals surface area contributed by atoms with E-state index in [1.165, 1.54) is 32.4 Å². The second-order valence-corrected chi connectivity index (χ2v) is 9.01. The first kappa shape index (κ1) is 15.0. The van der Waals surface area contributed by atoms with Crippen molar-refractivity contribution in [2.75, 3.05) is 24.6 Å². The van der Waals surface area contributed by atoms with E-state index in [0.717, 1.165) is 42.2 Å². The molecule has 0 aromatic carbocycles. The molecule has 3 rings (SSSR count). The van der Waals surface area contributed by atoms with Gasteiger partial charge in [0, 0.05) is 53.5 Å². The molecule has 2 bridgehead atoms. The van der Waals surface area contributed by atoms with Gasteiger partial charge in [0.2, 0.25) is 0 Å². The molecule has 0 spiro atoms. The minimum Gasteiger partial charge on any atom is -0.311 e. The van der Waals surface area contributed by atoms with Crippen molar-refractivity contribution >= 4 is 10.8 Å². The molecule has 116 valence electrons. The van der Waals surface area contributed by atoms with E-state index >= 15 is 0 Å². The fourth-order valence-corrected chi connectivity index (χ4v) is 5.70. The van der Waals surface area contributed by atoms with Gasteiger partial charge in [-0.15, -0.1) is 0 Å². The van der Waals surface area contributed by atoms with Crippen LogP contribution in [0.2, 0.25) is 0 Å². The second kappa shape index (κ2) is 6.45. The number of likely N-dealkylation sites (tertiary alicyclic amines) is 1. The monoisotopic (exact) mass is 298 g/mol. The minimum absolute atomic E-state index is 0.533. The number of nitrogens with zero attached hydrogens (tertiary/aromatic N) is 1. The van der Waals surface area contributed by atoms with E-state index in [-0.39, 0.29) is 0 Å². The normalized spacial score (nSPS) is 42.9. The summed E-state index contributed by atoms with van der Waals surface area (Å²) < 4.78 is 11.5. The van der Waals surface area contributed by atoms with Gasteiger partial charge in [0.1, 0.15) is 0 Å². The third kappa shape index (κ3) is 3.28. The molecule has 0 aromatic heterocycles. The van der Waals surface area contributed by atoms with Gasteiger partial charge in [0.25, 0.3) is 0 Å². The number of hydrogen-bond donors (Lipinski definition) is 1. The van der Waals surface area contributed by atoms with Gasteiger partial charge in [-0.2, -0.15) is 0 Å². The van der Waals surface area contributed by atoms with E-state index in [9.17, 15) is 4.21 Å². The highest BCUT2D eigenvalue weighted by Gasteiger charge is 2.40. The van der Waals surface area contributed by atoms with Crippen molar-refractivity contribution in [2.45, 2.75) is 64.1 Å². The molecule has 0 amide bonds. The van der Waals surface area contributed by atoms with Crippen LogP contribution in [-0.2, 0) is 10.8 Å². The van der Waals surface area contributed by atoms with Crippen molar-refractivity contribution in [3.63, 3.8) is 0 Å². The molecule has 3 aliphatic rings. The lowest BCUT2D eigenvalue weighted by Gasteiger charge is -2.50. The summed E-state index contributed by atoms with van der Waals surface area (Å²) in [6, 6.07) is 2.05. The molecule has 1 aliphatic carbocycles. The Balaban J connectivity index is 1.60. The summed E-state index contributed by atoms with van der Waals surface area (Å²) in [6.07, 6.45) is 6.47. The van der Waals surface area contributed by atoms with E-state index in [1.54, 1.807) is 0 Å². The van der Waals surface area contributed by atoms with E-state index < -0.39 is 10.8 Å². The van der Waals surface area contributed by atoms with Crippen molar-refractivity contribution in [1.29, 1.82) is 0 Å². The topological polar surface area (TPSA) is 32.3 Å². The molecule has 2 atom stereocenters. The third-order valence-corrected chi connectivity index (χ3v) is 7.03. The Bertz CT molecular complexity index is 336. The predicted octanol–water partition coefficient (Wildman–Crippen LogP) is 2.00. The Hall–Kier alpha value is 0.0700. The summed E-state index contributed by atoms with van der Waals surface area (Å²) in [6.45, 7) is 7.23. The SMILES string of the molecule is CC(C)N1CC2CCCC(C1)C2NC1CCS(=O)CC1. The van der Waals surface area contributed by atoms with Gasteiger partial charge < -0.3 is 10.2 Å². The van der Waals surface area contributed by atoms with E-state index in [1.807, 2.05) is 0 Å². The molecule has 4 heteroatoms. The molecule has 20 heavy (non-hydrogen) atoms. The van der Waals surface area contributed by atoms with Crippen molar-refractivity contribution in [3.05, 3.63) is 0 Å². The third-order valence-electron chi connectivity index (χ3n) is 5.65. The molecule has 3 nitrogen and oxygen atoms in total. The highest BCUT2D eigenvalue weighted by molar-refractivity contribution is 7.85. The Morgan fingerprint density at radius 3 is 2.20 bits per heavy atom. The van der Waals surface area contributed by atoms with Crippen molar-refractivity contribution in [1.82, 2.24) is 10.2 Å². The predicted molar refractivity (Wildman–Crippen MR) is 85.4 cm³/mol. The van der Waals surface area contributed by atoms with Gasteiger partial charge in [-0.3, -0.25) is 4.21 Å². The van der Waals surface area contributed by atoms with Crippen LogP contribution in [0.3, 0.4) is 0 Å². The summed E-state index contributed by atoms with van der Waals surface area (Å²) in [5.74, 6) is 3.52. The molecule has 2 unspecified atom stereocenters. The average molecular weight is 298 g/mol. The maximum atomic E-state index is 11.5. The van der Waals surface area contributed by atoms with Crippen LogP contribution < -0.4 is 5.32 Å². The summed E-state index contributed by atoms with van der Waals surface area (Å²) in [4.78, 5) is 2.68. The first-order valence-corrected chi connectivity index (χ1v) is 9.97. The largest absolute Gasteiger partial charge is 0.311 e. The highest BCUT2D eigenvalue weighted by atomic mass is 32.2. The maximum Gasteiger partial charge on any atom is 0.0249 e. The Kier molecular flexibility index (Phi) is 4.83. The van der Waals surface area contributed by atoms with Crippen LogP contribution in [-0.4, -0.2) is 51.8 Å². The summed E-state index contributed by atoms with van der Waals surface area (Å²) in [5.41, 5.74) is 0. The molecular weight excluding hydrogens is 268 g/mol. The Morgan fingerprint density at radius 2 is 1.65 bits per heavy atom. The number of nitrogens with one attached hydrogen (secondary N) is 1. The molecule has 3 fully saturated rings. The summed E-state index contributed by atoms with van der Waals surface area (Å²) in [7, 11) is -0.533. The number of hydrogen-bond acceptors (Lipinski definition) is 3. The minimum atomic E-state index is -0.533. The smallest absolute Gasteiger partial charge is 0.0249 e. The van der Waals surface area contributed by atoms with Crippen LogP contribution in [0, 0.1) is 11.8 Å². The summed E-state index contributed by atoms with van der Waals surface area (Å²) >= 11 is 0. The first-order valence-electron chi connectivity index (χ1n) is 8.48. The molecule has 2 aliphatic heterocycles. The van der Waals surface area contributed by atoms with Crippen LogP contribution in [0.5, 0.6) is 0 Å². The van der Waals surface area contributed by atoms with Crippen LogP contribution in [0.15, 0.2) is 0 Å². The lowest BCUT2D eigenvalue weighted by molar-refractivity contribution is 0.0245. The van der Waals surface area contributed by atoms with Crippen molar-refractivity contribution in [3.8, 4) is 0 Å². The van der Waals surface area contributed by atoms with Gasteiger partial charge in [0.05, 0.1) is 0 Å². The maximum absolute atomic E-state index is 11.5. The molecule has 0 radical (unpaired) electrons. The number of rotatable bonds is 3. The number of piperidine rings is 1. The van der Waals surface area contributed by atoms with Crippen LogP contribution in [0.1, 0.15) is 46.0 Å².